The van der Waals surface area contributed by atoms with Crippen LogP contribution in [-0.2, 0) is 4.79 Å². The number of nitrogens with zero attached hydrogens (tertiary/aromatic N) is 2. The van der Waals surface area contributed by atoms with Crippen LogP contribution in [0.15, 0.2) is 48.5 Å². The van der Waals surface area contributed by atoms with E-state index >= 15 is 0 Å². The summed E-state index contributed by atoms with van der Waals surface area (Å²) in [7, 11) is 1.56. The number of carbonyl (C=O) groups excluding carboxylic acids is 2. The van der Waals surface area contributed by atoms with Crippen LogP contribution in [-0.4, -0.2) is 66.1 Å². The van der Waals surface area contributed by atoms with Gasteiger partial charge in [-0.1, -0.05) is 6.07 Å². The number of hydrogen-bond acceptors (Lipinski definition) is 4. The molecule has 2 aliphatic heterocycles. The van der Waals surface area contributed by atoms with Gasteiger partial charge in [-0.3, -0.25) is 9.59 Å². The fraction of sp³-hybridized carbons (Fsp3) is 0.423. The Hall–Kier alpha value is -3.20. The number of hydrogen-bond donors (Lipinski definition) is 2. The second kappa shape index (κ2) is 11.5. The molecule has 0 radical (unpaired) electrons. The first-order chi connectivity index (χ1) is 16.9. The first kappa shape index (κ1) is 24.9. The third-order valence-corrected chi connectivity index (χ3v) is 7.06. The molecule has 9 heteroatoms. The molecule has 35 heavy (non-hydrogen) atoms. The monoisotopic (exact) mass is 498 g/mol. The van der Waals surface area contributed by atoms with Crippen molar-refractivity contribution in [3.8, 4) is 5.75 Å². The van der Waals surface area contributed by atoms with E-state index in [1.165, 1.54) is 12.1 Å². The maximum absolute atomic E-state index is 13.4. The summed E-state index contributed by atoms with van der Waals surface area (Å²) in [4.78, 5) is 30.4. The van der Waals surface area contributed by atoms with E-state index in [0.29, 0.717) is 42.4 Å². The van der Waals surface area contributed by atoms with Gasteiger partial charge >= 0.3 is 0 Å². The summed E-state index contributed by atoms with van der Waals surface area (Å²) >= 11 is 5.55. The van der Waals surface area contributed by atoms with Crippen LogP contribution in [0.25, 0.3) is 0 Å². The van der Waals surface area contributed by atoms with Crippen LogP contribution < -0.4 is 15.4 Å². The highest BCUT2D eigenvalue weighted by Crippen LogP contribution is 2.25. The lowest BCUT2D eigenvalue weighted by molar-refractivity contribution is -0.134. The van der Waals surface area contributed by atoms with E-state index in [-0.39, 0.29) is 23.5 Å². The predicted molar refractivity (Wildman–Crippen MR) is 137 cm³/mol. The molecule has 0 bridgehead atoms. The van der Waals surface area contributed by atoms with E-state index in [1.54, 1.807) is 43.5 Å². The molecule has 2 aliphatic rings. The van der Waals surface area contributed by atoms with Crippen molar-refractivity contribution in [2.75, 3.05) is 38.6 Å². The molecule has 2 aromatic rings. The Morgan fingerprint density at radius 3 is 2.37 bits per heavy atom. The molecule has 7 nitrogen and oxygen atoms in total. The summed E-state index contributed by atoms with van der Waals surface area (Å²) in [6, 6.07) is 12.4. The van der Waals surface area contributed by atoms with Crippen LogP contribution >= 0.6 is 12.2 Å². The van der Waals surface area contributed by atoms with Gasteiger partial charge in [0.1, 0.15) is 17.6 Å². The summed E-state index contributed by atoms with van der Waals surface area (Å²) in [6.45, 7) is 2.79. The molecular weight excluding hydrogens is 467 g/mol. The van der Waals surface area contributed by atoms with Crippen molar-refractivity contribution in [2.45, 2.75) is 31.7 Å². The van der Waals surface area contributed by atoms with Gasteiger partial charge in [-0.05, 0) is 86.3 Å². The number of amides is 2. The molecule has 1 atom stereocenters. The topological polar surface area (TPSA) is 73.9 Å². The van der Waals surface area contributed by atoms with Gasteiger partial charge < -0.3 is 25.2 Å². The highest BCUT2D eigenvalue weighted by Gasteiger charge is 2.36. The lowest BCUT2D eigenvalue weighted by Gasteiger charge is -2.38. The lowest BCUT2D eigenvalue weighted by atomic mass is 9.88. The van der Waals surface area contributed by atoms with Crippen molar-refractivity contribution in [1.29, 1.82) is 0 Å². The van der Waals surface area contributed by atoms with Crippen LogP contribution in [0.2, 0.25) is 0 Å². The first-order valence-electron chi connectivity index (χ1n) is 12.0. The Bertz CT molecular complexity index is 1050. The van der Waals surface area contributed by atoms with Crippen molar-refractivity contribution in [1.82, 2.24) is 15.1 Å². The average molecular weight is 499 g/mol. The molecule has 2 N–H and O–H groups in total. The van der Waals surface area contributed by atoms with Crippen molar-refractivity contribution in [2.24, 2.45) is 5.92 Å². The van der Waals surface area contributed by atoms with E-state index in [9.17, 15) is 14.0 Å². The van der Waals surface area contributed by atoms with E-state index < -0.39 is 6.04 Å². The van der Waals surface area contributed by atoms with Gasteiger partial charge in [0.15, 0.2) is 5.11 Å². The van der Waals surface area contributed by atoms with Crippen LogP contribution in [0.1, 0.15) is 36.0 Å². The number of nitrogens with one attached hydrogen (secondary N) is 2. The number of anilines is 1. The Balaban J connectivity index is 1.41. The average Bonchev–Trinajstić information content (AvgIpc) is 3.43. The van der Waals surface area contributed by atoms with Crippen LogP contribution in [0.5, 0.6) is 5.75 Å². The van der Waals surface area contributed by atoms with Crippen LogP contribution in [0, 0.1) is 11.7 Å². The van der Waals surface area contributed by atoms with Gasteiger partial charge in [0.2, 0.25) is 5.91 Å². The Labute approximate surface area is 210 Å². The highest BCUT2D eigenvalue weighted by molar-refractivity contribution is 7.80. The minimum absolute atomic E-state index is 0.00234. The van der Waals surface area contributed by atoms with Gasteiger partial charge in [0, 0.05) is 37.4 Å². The molecule has 2 heterocycles. The molecular formula is C26H31FN4O3S. The van der Waals surface area contributed by atoms with E-state index in [4.69, 9.17) is 17.0 Å². The van der Waals surface area contributed by atoms with E-state index in [0.717, 1.165) is 31.6 Å². The van der Waals surface area contributed by atoms with Gasteiger partial charge in [0.05, 0.1) is 7.11 Å². The number of rotatable bonds is 6. The van der Waals surface area contributed by atoms with E-state index in [1.807, 2.05) is 4.90 Å². The maximum Gasteiger partial charge on any atom is 0.252 e. The third-order valence-electron chi connectivity index (χ3n) is 6.70. The fourth-order valence-corrected chi connectivity index (χ4v) is 4.98. The predicted octanol–water partition coefficient (Wildman–Crippen LogP) is 3.66. The number of carbonyl (C=O) groups is 2. The van der Waals surface area contributed by atoms with Crippen molar-refractivity contribution < 1.29 is 18.7 Å². The van der Waals surface area contributed by atoms with Crippen molar-refractivity contribution >= 4 is 34.8 Å². The zero-order valence-corrected chi connectivity index (χ0v) is 20.7. The molecule has 0 spiro atoms. The quantitative estimate of drug-likeness (QED) is 0.593. The Morgan fingerprint density at radius 1 is 1.03 bits per heavy atom. The largest absolute Gasteiger partial charge is 0.497 e. The number of methoxy groups -OCH3 is 1. The van der Waals surface area contributed by atoms with Gasteiger partial charge in [0.25, 0.3) is 5.91 Å². The van der Waals surface area contributed by atoms with Gasteiger partial charge in [-0.2, -0.15) is 0 Å². The standard InChI is InChI=1S/C26H31FN4O3S/c1-34-22-6-4-5-19(17-22)24(32)29-23(25(33)30-13-2-3-14-30)18-11-15-31(16-12-18)26(35)28-21-9-7-20(27)8-10-21/h4-10,17-18,23H,2-3,11-16H2,1H3,(H,28,35)(H,29,32)/t23-/m1/s1. The van der Waals surface area contributed by atoms with Crippen molar-refractivity contribution in [3.05, 3.63) is 59.9 Å². The molecule has 4 rings (SSSR count). The van der Waals surface area contributed by atoms with Crippen molar-refractivity contribution in [3.63, 3.8) is 0 Å². The van der Waals surface area contributed by atoms with Gasteiger partial charge in [-0.15, -0.1) is 0 Å². The molecule has 2 saturated heterocycles. The smallest absolute Gasteiger partial charge is 0.252 e. The third kappa shape index (κ3) is 6.28. The number of halogens is 1. The molecule has 186 valence electrons. The number of thiocarbonyl (C=S) groups is 1. The Kier molecular flexibility index (Phi) is 8.17. The number of ether oxygens (including phenoxy) is 1. The zero-order valence-electron chi connectivity index (χ0n) is 19.8. The second-order valence-corrected chi connectivity index (χ2v) is 9.36. The zero-order chi connectivity index (χ0) is 24.8. The van der Waals surface area contributed by atoms with Crippen LogP contribution in [0.4, 0.5) is 10.1 Å². The number of piperidine rings is 1. The molecule has 2 fully saturated rings. The Morgan fingerprint density at radius 2 is 1.71 bits per heavy atom. The van der Waals surface area contributed by atoms with E-state index in [2.05, 4.69) is 15.5 Å². The molecule has 0 unspecified atom stereocenters. The highest BCUT2D eigenvalue weighted by atomic mass is 32.1. The van der Waals surface area contributed by atoms with Gasteiger partial charge in [-0.25, -0.2) is 4.39 Å². The lowest BCUT2D eigenvalue weighted by Crippen LogP contribution is -2.54. The molecule has 0 saturated carbocycles. The molecule has 2 amide bonds. The molecule has 0 aromatic heterocycles. The second-order valence-electron chi connectivity index (χ2n) is 8.98. The molecule has 0 aliphatic carbocycles. The van der Waals surface area contributed by atoms with Crippen LogP contribution in [0.3, 0.4) is 0 Å². The normalized spacial score (nSPS) is 17.1. The first-order valence-corrected chi connectivity index (χ1v) is 12.4. The summed E-state index contributed by atoms with van der Waals surface area (Å²) in [5.41, 5.74) is 1.19. The number of benzene rings is 2. The minimum Gasteiger partial charge on any atom is -0.497 e. The summed E-state index contributed by atoms with van der Waals surface area (Å²) in [5.74, 6) is 0.00615. The molecule has 2 aromatic carbocycles. The number of likely N-dealkylation sites (tertiary alicyclic amines) is 2. The maximum atomic E-state index is 13.4. The minimum atomic E-state index is -0.590. The summed E-state index contributed by atoms with van der Waals surface area (Å²) in [5, 5.41) is 6.75. The summed E-state index contributed by atoms with van der Waals surface area (Å²) in [6.07, 6.45) is 3.41. The fourth-order valence-electron chi connectivity index (χ4n) is 4.68. The SMILES string of the molecule is COc1cccc(C(=O)N[C@@H](C(=O)N2CCCC2)C2CCN(C(=S)Nc3ccc(F)cc3)CC2)c1. The summed E-state index contributed by atoms with van der Waals surface area (Å²) < 4.78 is 18.4.